The van der Waals surface area contributed by atoms with Gasteiger partial charge >= 0.3 is 0 Å². The zero-order valence-electron chi connectivity index (χ0n) is 17.3. The van der Waals surface area contributed by atoms with Crippen LogP contribution in [0, 0.1) is 0 Å². The maximum Gasteiger partial charge on any atom is 0.0628 e. The molecule has 0 saturated heterocycles. The highest BCUT2D eigenvalue weighted by Crippen LogP contribution is 2.48. The molecular weight excluding hydrogens is 393 g/mol. The summed E-state index contributed by atoms with van der Waals surface area (Å²) in [6, 6.07) is 32.3. The molecule has 0 aromatic heterocycles. The molecule has 0 radical (unpaired) electrons. The average Bonchev–Trinajstić information content (AvgIpc) is 3.19. The van der Waals surface area contributed by atoms with Crippen molar-refractivity contribution < 1.29 is 0 Å². The van der Waals surface area contributed by atoms with E-state index in [1.165, 1.54) is 27.1 Å². The second-order valence-corrected chi connectivity index (χ2v) is 10.7. The summed E-state index contributed by atoms with van der Waals surface area (Å²) in [5.74, 6) is 0. The standard InChI is InChI=1S/C29H24NP/c1-4-14-27(15-5-1)31(28-16-6-2-7-17-28,29-18-8-3-9-19-29)30-26-21-20-24-12-10-11-13-25(22-24)23-26/h1-21,23H,22H2. The third-order valence-corrected chi connectivity index (χ3v) is 9.26. The Bertz CT molecular complexity index is 1170. The lowest BCUT2D eigenvalue weighted by Gasteiger charge is -2.27. The van der Waals surface area contributed by atoms with E-state index in [0.29, 0.717) is 0 Å². The van der Waals surface area contributed by atoms with Crippen LogP contribution in [0.1, 0.15) is 6.42 Å². The third kappa shape index (κ3) is 3.98. The molecule has 2 aliphatic carbocycles. The highest BCUT2D eigenvalue weighted by Gasteiger charge is 2.27. The highest BCUT2D eigenvalue weighted by molar-refractivity contribution is 7.87. The van der Waals surface area contributed by atoms with E-state index in [0.717, 1.165) is 12.1 Å². The van der Waals surface area contributed by atoms with Crippen molar-refractivity contribution in [3.8, 4) is 0 Å². The van der Waals surface area contributed by atoms with Gasteiger partial charge in [-0.15, -0.1) is 0 Å². The molecule has 2 bridgehead atoms. The summed E-state index contributed by atoms with van der Waals surface area (Å²) in [7, 11) is -2.25. The predicted molar refractivity (Wildman–Crippen MR) is 135 cm³/mol. The van der Waals surface area contributed by atoms with Crippen LogP contribution in [0.4, 0.5) is 0 Å². The summed E-state index contributed by atoms with van der Waals surface area (Å²) in [4.78, 5) is 0. The van der Waals surface area contributed by atoms with Gasteiger partial charge in [-0.2, -0.15) is 0 Å². The SMILES string of the molecule is C1=CC=C2C=C(N=P(c3ccccc3)(c3ccccc3)c3ccccc3)C=CC(=C1)C2. The van der Waals surface area contributed by atoms with E-state index >= 15 is 0 Å². The van der Waals surface area contributed by atoms with Crippen molar-refractivity contribution >= 4 is 23.0 Å². The number of nitrogens with zero attached hydrogens (tertiary/aromatic N) is 1. The Balaban J connectivity index is 1.85. The van der Waals surface area contributed by atoms with Gasteiger partial charge in [0, 0.05) is 15.9 Å². The van der Waals surface area contributed by atoms with Crippen molar-refractivity contribution in [2.75, 3.05) is 0 Å². The summed E-state index contributed by atoms with van der Waals surface area (Å²) in [6.07, 6.45) is 16.2. The maximum absolute atomic E-state index is 5.62. The Labute approximate surface area is 184 Å². The molecular formula is C29H24NP. The lowest BCUT2D eigenvalue weighted by atomic mass is 10.1. The summed E-state index contributed by atoms with van der Waals surface area (Å²) in [6.45, 7) is 0. The van der Waals surface area contributed by atoms with Crippen LogP contribution in [0.25, 0.3) is 0 Å². The van der Waals surface area contributed by atoms with E-state index in [-0.39, 0.29) is 0 Å². The van der Waals surface area contributed by atoms with Crippen LogP contribution in [-0.4, -0.2) is 0 Å². The van der Waals surface area contributed by atoms with E-state index < -0.39 is 7.05 Å². The van der Waals surface area contributed by atoms with E-state index in [1.54, 1.807) is 0 Å². The molecule has 0 amide bonds. The fourth-order valence-corrected chi connectivity index (χ4v) is 7.67. The molecule has 0 N–H and O–H groups in total. The summed E-state index contributed by atoms with van der Waals surface area (Å²) in [5, 5.41) is 3.79. The number of rotatable bonds is 4. The molecule has 0 fully saturated rings. The first-order valence-corrected chi connectivity index (χ1v) is 12.3. The van der Waals surface area contributed by atoms with Gasteiger partial charge in [0.05, 0.1) is 12.8 Å². The van der Waals surface area contributed by atoms with Gasteiger partial charge < -0.3 is 0 Å². The molecule has 0 heterocycles. The second-order valence-electron chi connectivity index (χ2n) is 7.69. The normalized spacial score (nSPS) is 15.3. The van der Waals surface area contributed by atoms with Crippen molar-refractivity contribution in [3.05, 3.63) is 150 Å². The molecule has 0 saturated carbocycles. The van der Waals surface area contributed by atoms with E-state index in [9.17, 15) is 0 Å². The molecule has 3 aromatic carbocycles. The minimum atomic E-state index is -2.25. The van der Waals surface area contributed by atoms with Crippen LogP contribution in [0.3, 0.4) is 0 Å². The van der Waals surface area contributed by atoms with Crippen molar-refractivity contribution in [2.45, 2.75) is 6.42 Å². The molecule has 2 aliphatic rings. The van der Waals surface area contributed by atoms with Gasteiger partial charge in [-0.3, -0.25) is 4.74 Å². The van der Waals surface area contributed by atoms with Crippen molar-refractivity contribution in [3.63, 3.8) is 0 Å². The summed E-state index contributed by atoms with van der Waals surface area (Å²) in [5.41, 5.74) is 3.62. The Morgan fingerprint density at radius 3 is 1.55 bits per heavy atom. The van der Waals surface area contributed by atoms with E-state index in [2.05, 4.69) is 134 Å². The molecule has 0 aliphatic heterocycles. The molecule has 31 heavy (non-hydrogen) atoms. The lowest BCUT2D eigenvalue weighted by Crippen LogP contribution is -2.25. The first-order chi connectivity index (χ1) is 15.3. The van der Waals surface area contributed by atoms with Crippen LogP contribution in [0.15, 0.2) is 155 Å². The van der Waals surface area contributed by atoms with Crippen LogP contribution < -0.4 is 15.9 Å². The number of benzene rings is 3. The lowest BCUT2D eigenvalue weighted by molar-refractivity contribution is 1.22. The van der Waals surface area contributed by atoms with Gasteiger partial charge in [0.15, 0.2) is 0 Å². The van der Waals surface area contributed by atoms with Gasteiger partial charge in [-0.1, -0.05) is 121 Å². The van der Waals surface area contributed by atoms with E-state index in [1.807, 2.05) is 0 Å². The Morgan fingerprint density at radius 2 is 1.03 bits per heavy atom. The molecule has 1 nitrogen and oxygen atoms in total. The average molecular weight is 417 g/mol. The van der Waals surface area contributed by atoms with Crippen LogP contribution >= 0.6 is 7.05 Å². The first kappa shape index (κ1) is 19.5. The van der Waals surface area contributed by atoms with Crippen molar-refractivity contribution in [1.29, 1.82) is 0 Å². The van der Waals surface area contributed by atoms with Crippen LogP contribution in [-0.2, 0) is 0 Å². The molecule has 0 unspecified atom stereocenters. The molecule has 2 heteroatoms. The summed E-state index contributed by atoms with van der Waals surface area (Å²) >= 11 is 0. The van der Waals surface area contributed by atoms with Crippen LogP contribution in [0.2, 0.25) is 0 Å². The van der Waals surface area contributed by atoms with Crippen molar-refractivity contribution in [2.24, 2.45) is 4.74 Å². The van der Waals surface area contributed by atoms with Gasteiger partial charge in [0.25, 0.3) is 0 Å². The minimum Gasteiger partial charge on any atom is -0.254 e. The largest absolute Gasteiger partial charge is 0.254 e. The Hall–Kier alpha value is -3.41. The van der Waals surface area contributed by atoms with Crippen LogP contribution in [0.5, 0.6) is 0 Å². The molecule has 0 atom stereocenters. The zero-order chi connectivity index (χ0) is 20.9. The fourth-order valence-electron chi connectivity index (χ4n) is 4.14. The van der Waals surface area contributed by atoms with Crippen molar-refractivity contribution in [1.82, 2.24) is 0 Å². The fraction of sp³-hybridized carbons (Fsp3) is 0.0345. The van der Waals surface area contributed by atoms with Gasteiger partial charge in [0.2, 0.25) is 0 Å². The predicted octanol–water partition coefficient (Wildman–Crippen LogP) is 6.43. The Kier molecular flexibility index (Phi) is 5.52. The molecule has 0 spiro atoms. The van der Waals surface area contributed by atoms with Gasteiger partial charge in [-0.25, -0.2) is 0 Å². The number of fused-ring (bicyclic) bond motifs is 2. The number of hydrogen-bond donors (Lipinski definition) is 0. The third-order valence-electron chi connectivity index (χ3n) is 5.60. The number of allylic oxidation sites excluding steroid dienone is 9. The molecule has 150 valence electrons. The number of hydrogen-bond acceptors (Lipinski definition) is 1. The first-order valence-electron chi connectivity index (χ1n) is 10.6. The minimum absolute atomic E-state index is 0.940. The molecule has 5 rings (SSSR count). The Morgan fingerprint density at radius 1 is 0.548 bits per heavy atom. The maximum atomic E-state index is 5.62. The van der Waals surface area contributed by atoms with E-state index in [4.69, 9.17) is 4.74 Å². The highest BCUT2D eigenvalue weighted by atomic mass is 31.2. The molecule has 3 aromatic rings. The topological polar surface area (TPSA) is 12.4 Å². The zero-order valence-corrected chi connectivity index (χ0v) is 18.2. The summed E-state index contributed by atoms with van der Waals surface area (Å²) < 4.78 is 5.62. The second kappa shape index (κ2) is 8.76. The monoisotopic (exact) mass is 417 g/mol. The van der Waals surface area contributed by atoms with Gasteiger partial charge in [-0.05, 0) is 29.7 Å². The van der Waals surface area contributed by atoms with Gasteiger partial charge in [0.1, 0.15) is 0 Å². The quantitative estimate of drug-likeness (QED) is 0.434. The smallest absolute Gasteiger partial charge is 0.0628 e.